The van der Waals surface area contributed by atoms with Gasteiger partial charge in [0, 0.05) is 12.7 Å². The Bertz CT molecular complexity index is 689. The third-order valence-corrected chi connectivity index (χ3v) is 3.67. The molecule has 0 spiro atoms. The van der Waals surface area contributed by atoms with E-state index in [-0.39, 0.29) is 10.8 Å². The Balaban J connectivity index is 2.33. The van der Waals surface area contributed by atoms with Gasteiger partial charge in [-0.3, -0.25) is 4.72 Å². The predicted octanol–water partition coefficient (Wildman–Crippen LogP) is 1.85. The molecule has 0 aliphatic carbocycles. The molecule has 2 heterocycles. The van der Waals surface area contributed by atoms with Gasteiger partial charge in [0.15, 0.2) is 5.03 Å². The molecule has 2 N–H and O–H groups in total. The summed E-state index contributed by atoms with van der Waals surface area (Å²) in [6, 6.07) is 5.60. The van der Waals surface area contributed by atoms with E-state index in [2.05, 4.69) is 20.0 Å². The Labute approximate surface area is 116 Å². The van der Waals surface area contributed by atoms with Crippen LogP contribution in [0.2, 0.25) is 0 Å². The third-order valence-electron chi connectivity index (χ3n) is 2.36. The fourth-order valence-corrected chi connectivity index (χ4v) is 2.67. The molecule has 0 aliphatic heterocycles. The van der Waals surface area contributed by atoms with Crippen LogP contribution in [0.15, 0.2) is 41.7 Å². The zero-order valence-corrected chi connectivity index (χ0v) is 11.5. The van der Waals surface area contributed by atoms with E-state index < -0.39 is 15.8 Å². The Kier molecular flexibility index (Phi) is 4.14. The molecule has 0 atom stereocenters. The van der Waals surface area contributed by atoms with E-state index in [1.54, 1.807) is 12.1 Å². The lowest BCUT2D eigenvalue weighted by Gasteiger charge is -2.11. The third kappa shape index (κ3) is 3.21. The van der Waals surface area contributed by atoms with E-state index in [4.69, 9.17) is 0 Å². The number of hydrogen-bond donors (Lipinski definition) is 2. The first-order valence-corrected chi connectivity index (χ1v) is 7.34. The second-order valence-corrected chi connectivity index (χ2v) is 5.45. The van der Waals surface area contributed by atoms with Crippen LogP contribution < -0.4 is 10.0 Å². The van der Waals surface area contributed by atoms with Gasteiger partial charge in [0.25, 0.3) is 10.0 Å². The summed E-state index contributed by atoms with van der Waals surface area (Å²) in [6.45, 7) is 2.40. The Morgan fingerprint density at radius 2 is 2.05 bits per heavy atom. The minimum absolute atomic E-state index is 0.0273. The van der Waals surface area contributed by atoms with E-state index in [1.807, 2.05) is 6.92 Å². The average molecular weight is 296 g/mol. The summed E-state index contributed by atoms with van der Waals surface area (Å²) in [5, 5.41) is 2.78. The van der Waals surface area contributed by atoms with Crippen molar-refractivity contribution in [1.29, 1.82) is 0 Å². The molecule has 2 aromatic rings. The molecule has 0 saturated heterocycles. The first-order chi connectivity index (χ1) is 9.53. The molecule has 0 aliphatic rings. The summed E-state index contributed by atoms with van der Waals surface area (Å²) in [5.41, 5.74) is 0.393. The molecule has 0 amide bonds. The highest BCUT2D eigenvalue weighted by Crippen LogP contribution is 2.20. The predicted molar refractivity (Wildman–Crippen MR) is 73.4 cm³/mol. The maximum absolute atomic E-state index is 12.7. The highest BCUT2D eigenvalue weighted by Gasteiger charge is 2.20. The number of hydrogen-bond acceptors (Lipinski definition) is 5. The molecule has 0 saturated carbocycles. The summed E-state index contributed by atoms with van der Waals surface area (Å²) in [4.78, 5) is 7.52. The van der Waals surface area contributed by atoms with Crippen LogP contribution in [0.5, 0.6) is 0 Å². The van der Waals surface area contributed by atoms with Crippen molar-refractivity contribution in [2.45, 2.75) is 11.9 Å². The molecule has 106 valence electrons. The molecule has 2 rings (SSSR count). The number of sulfonamides is 1. The molecule has 20 heavy (non-hydrogen) atoms. The lowest BCUT2D eigenvalue weighted by molar-refractivity contribution is 0.597. The van der Waals surface area contributed by atoms with Crippen LogP contribution in [0.1, 0.15) is 6.92 Å². The normalized spacial score (nSPS) is 11.1. The number of anilines is 2. The van der Waals surface area contributed by atoms with E-state index in [0.717, 1.165) is 12.3 Å². The van der Waals surface area contributed by atoms with Crippen LogP contribution in [-0.4, -0.2) is 24.9 Å². The van der Waals surface area contributed by atoms with Gasteiger partial charge in [0.05, 0.1) is 11.9 Å². The fraction of sp³-hybridized carbons (Fsp3) is 0.167. The Morgan fingerprint density at radius 3 is 2.70 bits per heavy atom. The van der Waals surface area contributed by atoms with Crippen molar-refractivity contribution < 1.29 is 12.8 Å². The van der Waals surface area contributed by atoms with Gasteiger partial charge >= 0.3 is 0 Å². The van der Waals surface area contributed by atoms with E-state index in [0.29, 0.717) is 12.2 Å². The number of nitrogens with zero attached hydrogens (tertiary/aromatic N) is 2. The van der Waals surface area contributed by atoms with Gasteiger partial charge in [0.2, 0.25) is 0 Å². The summed E-state index contributed by atoms with van der Waals surface area (Å²) in [5.74, 6) is -0.515. The molecular formula is C12H13FN4O2S. The van der Waals surface area contributed by atoms with E-state index in [9.17, 15) is 12.8 Å². The quantitative estimate of drug-likeness (QED) is 0.879. The van der Waals surface area contributed by atoms with Crippen molar-refractivity contribution in [3.63, 3.8) is 0 Å². The number of halogens is 1. The molecular weight excluding hydrogens is 283 g/mol. The van der Waals surface area contributed by atoms with Gasteiger partial charge in [-0.05, 0) is 31.2 Å². The van der Waals surface area contributed by atoms with Crippen molar-refractivity contribution in [2.75, 3.05) is 16.6 Å². The van der Waals surface area contributed by atoms with Gasteiger partial charge in [-0.15, -0.1) is 0 Å². The Hall–Kier alpha value is -2.22. The minimum Gasteiger partial charge on any atom is -0.383 e. The lowest BCUT2D eigenvalue weighted by atomic mass is 10.4. The molecule has 0 fully saturated rings. The largest absolute Gasteiger partial charge is 0.383 e. The summed E-state index contributed by atoms with van der Waals surface area (Å²) < 4.78 is 39.5. The molecule has 8 heteroatoms. The highest BCUT2D eigenvalue weighted by molar-refractivity contribution is 7.92. The zero-order chi connectivity index (χ0) is 14.6. The smallest absolute Gasteiger partial charge is 0.282 e. The summed E-state index contributed by atoms with van der Waals surface area (Å²) in [6.07, 6.45) is 2.31. The van der Waals surface area contributed by atoms with Crippen molar-refractivity contribution in [1.82, 2.24) is 9.97 Å². The minimum atomic E-state index is -3.89. The molecule has 0 aromatic carbocycles. The fourth-order valence-electron chi connectivity index (χ4n) is 1.55. The number of nitrogens with one attached hydrogen (secondary N) is 2. The number of rotatable bonds is 5. The van der Waals surface area contributed by atoms with Gasteiger partial charge in [-0.25, -0.2) is 14.4 Å². The van der Waals surface area contributed by atoms with Crippen molar-refractivity contribution in [3.8, 4) is 0 Å². The number of aromatic nitrogens is 2. The highest BCUT2D eigenvalue weighted by atomic mass is 32.2. The van der Waals surface area contributed by atoms with Crippen LogP contribution in [-0.2, 0) is 10.0 Å². The second kappa shape index (κ2) is 5.83. The van der Waals surface area contributed by atoms with Crippen molar-refractivity contribution in [3.05, 3.63) is 42.5 Å². The van der Waals surface area contributed by atoms with Gasteiger partial charge in [-0.1, -0.05) is 0 Å². The van der Waals surface area contributed by atoms with Crippen LogP contribution in [0, 0.1) is 5.82 Å². The molecule has 0 unspecified atom stereocenters. The van der Waals surface area contributed by atoms with Crippen LogP contribution in [0.25, 0.3) is 0 Å². The van der Waals surface area contributed by atoms with Crippen LogP contribution in [0.3, 0.4) is 0 Å². The molecule has 2 aromatic heterocycles. The van der Waals surface area contributed by atoms with Crippen LogP contribution >= 0.6 is 0 Å². The first-order valence-electron chi connectivity index (χ1n) is 5.86. The summed E-state index contributed by atoms with van der Waals surface area (Å²) in [7, 11) is -3.89. The molecule has 6 nitrogen and oxygen atoms in total. The lowest BCUT2D eigenvalue weighted by Crippen LogP contribution is -2.17. The molecule has 0 radical (unpaired) electrons. The SMILES string of the molecule is CCNc1cccnc1S(=O)(=O)Nc1ccc(F)cn1. The van der Waals surface area contributed by atoms with E-state index in [1.165, 1.54) is 12.3 Å². The van der Waals surface area contributed by atoms with Crippen molar-refractivity contribution in [2.24, 2.45) is 0 Å². The van der Waals surface area contributed by atoms with Gasteiger partial charge in [0.1, 0.15) is 11.6 Å². The topological polar surface area (TPSA) is 84.0 Å². The number of pyridine rings is 2. The Morgan fingerprint density at radius 1 is 1.25 bits per heavy atom. The standard InChI is InChI=1S/C12H13FN4O2S/c1-2-14-10-4-3-7-15-12(10)20(18,19)17-11-6-5-9(13)8-16-11/h3-8,14H,2H2,1H3,(H,16,17). The monoisotopic (exact) mass is 296 g/mol. The zero-order valence-electron chi connectivity index (χ0n) is 10.7. The van der Waals surface area contributed by atoms with Gasteiger partial charge < -0.3 is 5.32 Å². The summed E-state index contributed by atoms with van der Waals surface area (Å²) >= 11 is 0. The van der Waals surface area contributed by atoms with Gasteiger partial charge in [-0.2, -0.15) is 8.42 Å². The average Bonchev–Trinajstić information content (AvgIpc) is 2.42. The maximum Gasteiger partial charge on any atom is 0.282 e. The molecule has 0 bridgehead atoms. The van der Waals surface area contributed by atoms with Crippen molar-refractivity contribution >= 4 is 21.5 Å². The van der Waals surface area contributed by atoms with Crippen LogP contribution in [0.4, 0.5) is 15.9 Å². The maximum atomic E-state index is 12.7. The first kappa shape index (κ1) is 14.2. The van der Waals surface area contributed by atoms with E-state index >= 15 is 0 Å². The second-order valence-electron chi connectivity index (χ2n) is 3.85.